The summed E-state index contributed by atoms with van der Waals surface area (Å²) < 4.78 is 82.4. The van der Waals surface area contributed by atoms with Crippen LogP contribution in [0.4, 0.5) is 34.1 Å². The van der Waals surface area contributed by atoms with E-state index in [0.717, 1.165) is 128 Å². The van der Waals surface area contributed by atoms with Crippen molar-refractivity contribution in [3.05, 3.63) is 300 Å². The van der Waals surface area contributed by atoms with E-state index in [-0.39, 0.29) is 73.1 Å². The first-order valence-corrected chi connectivity index (χ1v) is 38.0. The van der Waals surface area contributed by atoms with Crippen LogP contribution in [-0.2, 0) is 27.1 Å². The summed E-state index contributed by atoms with van der Waals surface area (Å²) in [6.07, 6.45) is 0. The van der Waals surface area contributed by atoms with Crippen molar-refractivity contribution in [1.29, 1.82) is 0 Å². The number of hydrogen-bond donors (Lipinski definition) is 0. The Kier molecular flexibility index (Phi) is 13.4. The largest absolute Gasteiger partial charge is 0.311 e. The van der Waals surface area contributed by atoms with Gasteiger partial charge < -0.3 is 23.5 Å². The fraction of sp³-hybridized carbons (Fsp3) is 0.228. The monoisotopic (exact) mass is 1400 g/mol. The predicted molar refractivity (Wildman–Crippen MR) is 462 cm³/mol. The second kappa shape index (κ2) is 24.2. The highest BCUT2D eigenvalue weighted by atomic mass is 15.2. The molecule has 0 amide bonds. The highest BCUT2D eigenvalue weighted by Crippen LogP contribution is 2.51. The Bertz CT molecular complexity index is 6590. The van der Waals surface area contributed by atoms with Crippen LogP contribution in [0.25, 0.3) is 105 Å². The van der Waals surface area contributed by atoms with Crippen LogP contribution in [0.1, 0.15) is 168 Å². The zero-order valence-electron chi connectivity index (χ0n) is 72.7. The number of aromatic nitrogens is 3. The molecule has 0 spiro atoms. The van der Waals surface area contributed by atoms with Crippen LogP contribution in [0.2, 0.25) is 0 Å². The Morgan fingerprint density at radius 3 is 1.07 bits per heavy atom. The molecule has 13 aromatic carbocycles. The third-order valence-corrected chi connectivity index (χ3v) is 22.9. The van der Waals surface area contributed by atoms with Crippen LogP contribution in [0, 0.1) is 0 Å². The second-order valence-corrected chi connectivity index (χ2v) is 35.6. The molecule has 0 aliphatic carbocycles. The smallest absolute Gasteiger partial charge is 0.252 e. The van der Waals surface area contributed by atoms with Crippen LogP contribution >= 0.6 is 0 Å². The van der Waals surface area contributed by atoms with E-state index in [0.29, 0.717) is 11.6 Å². The molecule has 0 bridgehead atoms. The van der Waals surface area contributed by atoms with E-state index in [1.165, 1.54) is 33.0 Å². The number of benzene rings is 13. The van der Waals surface area contributed by atoms with Gasteiger partial charge in [0.05, 0.1) is 49.8 Å². The van der Waals surface area contributed by atoms with E-state index in [4.69, 9.17) is 2.74 Å². The Labute approximate surface area is 643 Å². The van der Waals surface area contributed by atoms with Gasteiger partial charge in [0.1, 0.15) is 0 Å². The van der Waals surface area contributed by atoms with Crippen molar-refractivity contribution >= 4 is 123 Å². The average Bonchev–Trinajstić information content (AvgIpc) is 1.60. The standard InChI is InChI=1S/C101H96BN5/c1-62(2)65-36-44-88-80(48-65)83-57-68(97(3,4)5)39-47-91(83)104(88)74-41-43-85-93(59-74)107(76-55-71(100(12,13)14)52-72(56-76)101(15,16)17)95-61-77(105-89-45-37-66(63-28-20-18-21-29-63)49-81(89)82-50-67(38-46-90(82)105)64-30-22-19-23-31-64)60-94-96(95)102(85)84-42-40-73(103-86-34-26-24-32-78(86)79-33-25-27-35-87(79)103)58-92(84)106(94)75-53-69(98(6,7)8)51-70(54-75)99(9,10)11/h18-62H,1-17H3/i24D,25D,26D,27D,32D,33D,34D,35D. The van der Waals surface area contributed by atoms with Gasteiger partial charge >= 0.3 is 0 Å². The summed E-state index contributed by atoms with van der Waals surface area (Å²) in [5.74, 6) is 0.303. The molecule has 0 saturated carbocycles. The molecule has 5 nitrogen and oxygen atoms in total. The fourth-order valence-electron chi connectivity index (χ4n) is 16.9. The molecule has 6 heteroatoms. The molecule has 0 radical (unpaired) electrons. The molecule has 528 valence electrons. The number of hydrogen-bond acceptors (Lipinski definition) is 2. The van der Waals surface area contributed by atoms with Gasteiger partial charge in [-0.25, -0.2) is 0 Å². The van der Waals surface area contributed by atoms with E-state index < -0.39 is 30.9 Å². The summed E-state index contributed by atoms with van der Waals surface area (Å²) in [6.45, 7) is 38.4. The van der Waals surface area contributed by atoms with E-state index in [9.17, 15) is 8.22 Å². The van der Waals surface area contributed by atoms with Crippen LogP contribution in [0.3, 0.4) is 0 Å². The molecule has 5 heterocycles. The molecule has 0 atom stereocenters. The Hall–Kier alpha value is -11.1. The molecule has 0 unspecified atom stereocenters. The van der Waals surface area contributed by atoms with Gasteiger partial charge in [-0.3, -0.25) is 0 Å². The minimum Gasteiger partial charge on any atom is -0.311 e. The maximum absolute atomic E-state index is 9.87. The summed E-state index contributed by atoms with van der Waals surface area (Å²) in [5.41, 5.74) is 25.8. The Morgan fingerprint density at radius 2 is 0.645 bits per heavy atom. The molecule has 2 aliphatic heterocycles. The second-order valence-electron chi connectivity index (χ2n) is 35.6. The van der Waals surface area contributed by atoms with Crippen molar-refractivity contribution in [2.75, 3.05) is 9.80 Å². The van der Waals surface area contributed by atoms with Gasteiger partial charge in [0.15, 0.2) is 0 Å². The molecule has 0 N–H and O–H groups in total. The lowest BCUT2D eigenvalue weighted by Crippen LogP contribution is -2.61. The van der Waals surface area contributed by atoms with Gasteiger partial charge in [-0.05, 0) is 226 Å². The van der Waals surface area contributed by atoms with Crippen molar-refractivity contribution < 1.29 is 11.0 Å². The minimum absolute atomic E-state index is 0.0216. The topological polar surface area (TPSA) is 21.3 Å². The number of anilines is 6. The van der Waals surface area contributed by atoms with Gasteiger partial charge in [-0.15, -0.1) is 0 Å². The Morgan fingerprint density at radius 1 is 0.280 bits per heavy atom. The van der Waals surface area contributed by atoms with E-state index in [1.54, 1.807) is 4.57 Å². The molecule has 16 aromatic rings. The first-order chi connectivity index (χ1) is 54.3. The number of fused-ring (bicyclic) bond motifs is 13. The molecule has 0 fully saturated rings. The zero-order valence-corrected chi connectivity index (χ0v) is 64.7. The molecule has 3 aromatic heterocycles. The Balaban J connectivity index is 1.04. The SMILES string of the molecule is [2H]c1c([2H])c([2H])c2c(c1[2H])c1c([2H])c([2H])c([2H])c([2H])c1n2-c1ccc2c(c1)N(c1cc(C(C)(C)C)cc(C(C)(C)C)c1)c1cc(-n3c4ccc(-c5ccccc5)cc4c4cc(-c5ccccc5)ccc43)cc3c1B2c1ccc(-n2c4ccc(C(C)C)cc4c4cc(C(C)(C)C)ccc42)cc1N3c1cc(C(C)(C)C)cc(C(C)(C)C)c1. The minimum atomic E-state index is -0.491. The summed E-state index contributed by atoms with van der Waals surface area (Å²) in [6, 6.07) is 78.4. The quantitative estimate of drug-likeness (QED) is 0.141. The van der Waals surface area contributed by atoms with Gasteiger partial charge in [0, 0.05) is 77.8 Å². The number of nitrogens with zero attached hydrogens (tertiary/aromatic N) is 5. The van der Waals surface area contributed by atoms with E-state index >= 15 is 0 Å². The molecular formula is C101H96BN5. The van der Waals surface area contributed by atoms with Crippen LogP contribution < -0.4 is 26.2 Å². The van der Waals surface area contributed by atoms with Crippen LogP contribution in [0.5, 0.6) is 0 Å². The highest BCUT2D eigenvalue weighted by Gasteiger charge is 2.45. The summed E-state index contributed by atoms with van der Waals surface area (Å²) >= 11 is 0. The fourth-order valence-corrected chi connectivity index (χ4v) is 16.9. The van der Waals surface area contributed by atoms with Crippen LogP contribution in [-0.4, -0.2) is 20.4 Å². The van der Waals surface area contributed by atoms with Gasteiger partial charge in [0.25, 0.3) is 6.71 Å². The van der Waals surface area contributed by atoms with Crippen molar-refractivity contribution in [3.8, 4) is 39.3 Å². The maximum Gasteiger partial charge on any atom is 0.252 e. The van der Waals surface area contributed by atoms with Gasteiger partial charge in [0.2, 0.25) is 0 Å². The molecule has 18 rings (SSSR count). The van der Waals surface area contributed by atoms with Crippen molar-refractivity contribution in [2.24, 2.45) is 0 Å². The third kappa shape index (κ3) is 11.2. The van der Waals surface area contributed by atoms with Crippen molar-refractivity contribution in [3.63, 3.8) is 0 Å². The lowest BCUT2D eigenvalue weighted by atomic mass is 9.33. The van der Waals surface area contributed by atoms with Crippen LogP contribution in [0.15, 0.2) is 267 Å². The van der Waals surface area contributed by atoms with Crippen molar-refractivity contribution in [1.82, 2.24) is 13.7 Å². The zero-order chi connectivity index (χ0) is 81.2. The summed E-state index contributed by atoms with van der Waals surface area (Å²) in [7, 11) is 0. The maximum atomic E-state index is 9.87. The van der Waals surface area contributed by atoms with Gasteiger partial charge in [-0.2, -0.15) is 0 Å². The predicted octanol–water partition coefficient (Wildman–Crippen LogP) is 26.0. The molecule has 2 aliphatic rings. The van der Waals surface area contributed by atoms with E-state index in [2.05, 4.69) is 349 Å². The van der Waals surface area contributed by atoms with Crippen molar-refractivity contribution in [2.45, 2.75) is 151 Å². The summed E-state index contributed by atoms with van der Waals surface area (Å²) in [4.78, 5) is 5.02. The van der Waals surface area contributed by atoms with Gasteiger partial charge in [-0.1, -0.05) is 263 Å². The molecule has 107 heavy (non-hydrogen) atoms. The van der Waals surface area contributed by atoms with E-state index in [1.807, 2.05) is 6.07 Å². The number of rotatable bonds is 8. The first kappa shape index (κ1) is 59.1. The molecular weight excluding hydrogens is 1290 g/mol. The highest BCUT2D eigenvalue weighted by molar-refractivity contribution is 7.00. The number of para-hydroxylation sites is 2. The normalized spacial score (nSPS) is 14.5. The average molecular weight is 1400 g/mol. The lowest BCUT2D eigenvalue weighted by Gasteiger charge is -2.45. The lowest BCUT2D eigenvalue weighted by molar-refractivity contribution is 0.568. The summed E-state index contributed by atoms with van der Waals surface area (Å²) in [5, 5.41) is 4.63. The molecule has 0 saturated heterocycles. The third-order valence-electron chi connectivity index (χ3n) is 22.9. The first-order valence-electron chi connectivity index (χ1n) is 42.0.